The largest absolute Gasteiger partial charge is 0.497 e. The van der Waals surface area contributed by atoms with Gasteiger partial charge in [-0.1, -0.05) is 12.7 Å². The summed E-state index contributed by atoms with van der Waals surface area (Å²) in [7, 11) is 4.45. The van der Waals surface area contributed by atoms with Crippen molar-refractivity contribution in [1.82, 2.24) is 5.43 Å². The van der Waals surface area contributed by atoms with Crippen LogP contribution in [0, 0.1) is 0 Å². The predicted octanol–water partition coefficient (Wildman–Crippen LogP) is 2.37. The van der Waals surface area contributed by atoms with Crippen LogP contribution < -0.4 is 29.7 Å². The Labute approximate surface area is 174 Å². The number of nitrogens with one attached hydrogen (secondary N) is 2. The van der Waals surface area contributed by atoms with Crippen molar-refractivity contribution in [3.8, 4) is 23.0 Å². The molecule has 0 bridgehead atoms. The third kappa shape index (κ3) is 5.99. The van der Waals surface area contributed by atoms with Crippen molar-refractivity contribution in [3.63, 3.8) is 0 Å². The maximum atomic E-state index is 12.1. The van der Waals surface area contributed by atoms with Gasteiger partial charge in [0.2, 0.25) is 0 Å². The summed E-state index contributed by atoms with van der Waals surface area (Å²) in [6.45, 7) is 3.93. The molecule has 30 heavy (non-hydrogen) atoms. The van der Waals surface area contributed by atoms with Gasteiger partial charge in [0.25, 0.3) is 0 Å². The second-order valence-corrected chi connectivity index (χ2v) is 5.73. The molecule has 0 unspecified atom stereocenters. The molecule has 0 heterocycles. The zero-order valence-electron chi connectivity index (χ0n) is 16.9. The molecule has 2 aromatic rings. The number of hydrogen-bond acceptors (Lipinski definition) is 7. The molecule has 158 valence electrons. The summed E-state index contributed by atoms with van der Waals surface area (Å²) in [5.74, 6) is 0.0592. The van der Waals surface area contributed by atoms with Crippen molar-refractivity contribution in [3.05, 3.63) is 54.6 Å². The van der Waals surface area contributed by atoms with Crippen LogP contribution in [0.15, 0.2) is 54.2 Å². The smallest absolute Gasteiger partial charge is 0.329 e. The molecule has 0 atom stereocenters. The number of hydrazone groups is 1. The average molecular weight is 413 g/mol. The number of methoxy groups -OCH3 is 3. The number of hydrogen-bond donors (Lipinski definition) is 2. The monoisotopic (exact) mass is 413 g/mol. The van der Waals surface area contributed by atoms with Crippen LogP contribution in [-0.4, -0.2) is 46.0 Å². The van der Waals surface area contributed by atoms with Crippen LogP contribution in [0.2, 0.25) is 0 Å². The van der Waals surface area contributed by atoms with Crippen LogP contribution in [0.1, 0.15) is 5.56 Å². The second kappa shape index (κ2) is 11.1. The van der Waals surface area contributed by atoms with Gasteiger partial charge in [-0.05, 0) is 35.9 Å². The number of amides is 2. The fourth-order valence-corrected chi connectivity index (χ4v) is 2.34. The summed E-state index contributed by atoms with van der Waals surface area (Å²) in [5, 5.41) is 6.25. The highest BCUT2D eigenvalue weighted by Gasteiger charge is 2.16. The van der Waals surface area contributed by atoms with Gasteiger partial charge in [-0.3, -0.25) is 9.59 Å². The van der Waals surface area contributed by atoms with Crippen LogP contribution in [0.3, 0.4) is 0 Å². The molecule has 2 aromatic carbocycles. The molecule has 0 saturated heterocycles. The van der Waals surface area contributed by atoms with Gasteiger partial charge in [0, 0.05) is 6.07 Å². The normalized spacial score (nSPS) is 10.2. The van der Waals surface area contributed by atoms with E-state index >= 15 is 0 Å². The number of rotatable bonds is 9. The molecule has 2 N–H and O–H groups in total. The first-order valence-corrected chi connectivity index (χ1v) is 8.80. The number of ether oxygens (including phenoxy) is 4. The minimum atomic E-state index is -0.950. The summed E-state index contributed by atoms with van der Waals surface area (Å²) in [6.07, 6.45) is 2.99. The maximum Gasteiger partial charge on any atom is 0.329 e. The van der Waals surface area contributed by atoms with Gasteiger partial charge in [0.15, 0.2) is 11.5 Å². The summed E-state index contributed by atoms with van der Waals surface area (Å²) in [4.78, 5) is 24.2. The minimum Gasteiger partial charge on any atom is -0.497 e. The highest BCUT2D eigenvalue weighted by atomic mass is 16.5. The Morgan fingerprint density at radius 2 is 1.70 bits per heavy atom. The van der Waals surface area contributed by atoms with Crippen molar-refractivity contribution in [2.45, 2.75) is 0 Å². The SMILES string of the molecule is C=CCOc1ccc(/C=N\NC(=O)C(=O)Nc2cc(OC)ccc2OC)cc1OC. The fraction of sp³-hybridized carbons (Fsp3) is 0.190. The number of nitrogens with zero attached hydrogens (tertiary/aromatic N) is 1. The number of anilines is 1. The van der Waals surface area contributed by atoms with Crippen LogP contribution in [0.25, 0.3) is 0 Å². The second-order valence-electron chi connectivity index (χ2n) is 5.73. The standard InChI is InChI=1S/C21H23N3O6/c1-5-10-30-18-8-6-14(11-19(18)29-4)13-22-24-21(26)20(25)23-16-12-15(27-2)7-9-17(16)28-3/h5-9,11-13H,1,10H2,2-4H3,(H,23,25)(H,24,26)/b22-13-. The number of benzene rings is 2. The fourth-order valence-electron chi connectivity index (χ4n) is 2.34. The van der Waals surface area contributed by atoms with E-state index in [4.69, 9.17) is 18.9 Å². The molecule has 0 radical (unpaired) electrons. The lowest BCUT2D eigenvalue weighted by Gasteiger charge is -2.11. The Bertz CT molecular complexity index is 942. The van der Waals surface area contributed by atoms with E-state index in [9.17, 15) is 9.59 Å². The first kappa shape index (κ1) is 22.3. The first-order chi connectivity index (χ1) is 14.5. The molecular formula is C21H23N3O6. The maximum absolute atomic E-state index is 12.1. The van der Waals surface area contributed by atoms with Gasteiger partial charge < -0.3 is 24.3 Å². The van der Waals surface area contributed by atoms with Gasteiger partial charge >= 0.3 is 11.8 Å². The molecule has 0 aliphatic rings. The third-order valence-electron chi connectivity index (χ3n) is 3.79. The van der Waals surface area contributed by atoms with Gasteiger partial charge in [0.1, 0.15) is 18.1 Å². The van der Waals surface area contributed by atoms with E-state index in [1.54, 1.807) is 36.4 Å². The average Bonchev–Trinajstić information content (AvgIpc) is 2.77. The topological polar surface area (TPSA) is 107 Å². The Morgan fingerprint density at radius 1 is 0.967 bits per heavy atom. The molecule has 2 rings (SSSR count). The van der Waals surface area contributed by atoms with Crippen molar-refractivity contribution < 1.29 is 28.5 Å². The molecule has 9 nitrogen and oxygen atoms in total. The van der Waals surface area contributed by atoms with E-state index in [0.29, 0.717) is 40.9 Å². The summed E-state index contributed by atoms with van der Waals surface area (Å²) in [6, 6.07) is 9.91. The predicted molar refractivity (Wildman–Crippen MR) is 113 cm³/mol. The van der Waals surface area contributed by atoms with Gasteiger partial charge in [-0.25, -0.2) is 5.43 Å². The van der Waals surface area contributed by atoms with E-state index in [1.165, 1.54) is 33.6 Å². The van der Waals surface area contributed by atoms with Crippen molar-refractivity contribution in [1.29, 1.82) is 0 Å². The van der Waals surface area contributed by atoms with Crippen LogP contribution in [0.5, 0.6) is 23.0 Å². The Hall–Kier alpha value is -4.01. The summed E-state index contributed by atoms with van der Waals surface area (Å²) in [5.41, 5.74) is 3.09. The molecule has 0 fully saturated rings. The zero-order chi connectivity index (χ0) is 21.9. The highest BCUT2D eigenvalue weighted by Crippen LogP contribution is 2.29. The van der Waals surface area contributed by atoms with Gasteiger partial charge in [-0.2, -0.15) is 5.10 Å². The van der Waals surface area contributed by atoms with Gasteiger partial charge in [0.05, 0.1) is 33.2 Å². The van der Waals surface area contributed by atoms with Crippen molar-refractivity contribution in [2.24, 2.45) is 5.10 Å². The molecular weight excluding hydrogens is 390 g/mol. The quantitative estimate of drug-likeness (QED) is 0.283. The Kier molecular flexibility index (Phi) is 8.25. The molecule has 0 aromatic heterocycles. The Balaban J connectivity index is 2.00. The lowest BCUT2D eigenvalue weighted by Crippen LogP contribution is -2.32. The van der Waals surface area contributed by atoms with Crippen LogP contribution in [-0.2, 0) is 9.59 Å². The first-order valence-electron chi connectivity index (χ1n) is 8.80. The van der Waals surface area contributed by atoms with Crippen LogP contribution in [0.4, 0.5) is 5.69 Å². The van der Waals surface area contributed by atoms with Gasteiger partial charge in [-0.15, -0.1) is 0 Å². The van der Waals surface area contributed by atoms with E-state index in [2.05, 4.69) is 22.4 Å². The summed E-state index contributed by atoms with van der Waals surface area (Å²) < 4.78 is 21.0. The zero-order valence-corrected chi connectivity index (χ0v) is 16.9. The summed E-state index contributed by atoms with van der Waals surface area (Å²) >= 11 is 0. The molecule has 0 spiro atoms. The van der Waals surface area contributed by atoms with Crippen LogP contribution >= 0.6 is 0 Å². The Morgan fingerprint density at radius 3 is 2.37 bits per heavy atom. The third-order valence-corrected chi connectivity index (χ3v) is 3.79. The molecule has 0 saturated carbocycles. The lowest BCUT2D eigenvalue weighted by molar-refractivity contribution is -0.136. The number of carbonyl (C=O) groups is 2. The molecule has 9 heteroatoms. The van der Waals surface area contributed by atoms with Crippen molar-refractivity contribution >= 4 is 23.7 Å². The molecule has 0 aliphatic heterocycles. The van der Waals surface area contributed by atoms with Crippen molar-refractivity contribution in [2.75, 3.05) is 33.3 Å². The van der Waals surface area contributed by atoms with E-state index < -0.39 is 11.8 Å². The molecule has 0 aliphatic carbocycles. The minimum absolute atomic E-state index is 0.292. The highest BCUT2D eigenvalue weighted by molar-refractivity contribution is 6.39. The van der Waals surface area contributed by atoms with E-state index in [1.807, 2.05) is 0 Å². The van der Waals surface area contributed by atoms with E-state index in [0.717, 1.165) is 0 Å². The lowest BCUT2D eigenvalue weighted by atomic mass is 10.2. The van der Waals surface area contributed by atoms with E-state index in [-0.39, 0.29) is 0 Å². The molecule has 2 amide bonds. The number of carbonyl (C=O) groups excluding carboxylic acids is 2.